The molecule has 3 amide bonds. The van der Waals surface area contributed by atoms with E-state index in [1.54, 1.807) is 0 Å². The van der Waals surface area contributed by atoms with E-state index in [0.717, 1.165) is 24.5 Å². The molecular formula is C16H12ClF4N5O3. The Balaban J connectivity index is 1.94. The zero-order chi connectivity index (χ0) is 21.1. The van der Waals surface area contributed by atoms with Gasteiger partial charge in [0.1, 0.15) is 22.7 Å². The van der Waals surface area contributed by atoms with Gasteiger partial charge in [0.2, 0.25) is 5.91 Å². The maximum atomic E-state index is 14.6. The molecule has 1 aromatic heterocycles. The van der Waals surface area contributed by atoms with Crippen molar-refractivity contribution in [3.05, 3.63) is 52.3 Å². The highest BCUT2D eigenvalue weighted by Crippen LogP contribution is 2.30. The highest BCUT2D eigenvalue weighted by Gasteiger charge is 2.31. The molecule has 13 heteroatoms. The first kappa shape index (κ1) is 20.6. The van der Waals surface area contributed by atoms with Gasteiger partial charge in [-0.15, -0.1) is 0 Å². The largest absolute Gasteiger partial charge is 0.401 e. The minimum Gasteiger partial charge on any atom is -0.401 e. The Morgan fingerprint density at radius 2 is 1.97 bits per heavy atom. The Bertz CT molecular complexity index is 932. The summed E-state index contributed by atoms with van der Waals surface area (Å²) in [6.45, 7) is -3.16. The molecule has 1 aromatic carbocycles. The number of carbonyl (C=O) groups is 2. The van der Waals surface area contributed by atoms with E-state index < -0.39 is 53.3 Å². The van der Waals surface area contributed by atoms with E-state index in [-0.39, 0.29) is 17.7 Å². The van der Waals surface area contributed by atoms with Crippen LogP contribution < -0.4 is 20.7 Å². The van der Waals surface area contributed by atoms with Crippen LogP contribution in [-0.2, 0) is 4.79 Å². The monoisotopic (exact) mass is 433 g/mol. The third-order valence-electron chi connectivity index (χ3n) is 3.93. The molecule has 1 saturated heterocycles. The lowest BCUT2D eigenvalue weighted by molar-refractivity contribution is -0.122. The lowest BCUT2D eigenvalue weighted by Crippen LogP contribution is -2.44. The summed E-state index contributed by atoms with van der Waals surface area (Å²) in [5.41, 5.74) is -0.160. The molecule has 3 N–H and O–H groups in total. The van der Waals surface area contributed by atoms with Crippen molar-refractivity contribution in [2.75, 3.05) is 6.54 Å². The van der Waals surface area contributed by atoms with Gasteiger partial charge >= 0.3 is 18.7 Å². The quantitative estimate of drug-likeness (QED) is 0.476. The van der Waals surface area contributed by atoms with E-state index in [0.29, 0.717) is 0 Å². The SMILES string of the molecule is O=C1NC[C@@H](C(=O)N[C@H](c2cnc(OC(F)F)nc2)c2ccc(F)c(Cl)c2F)N1. The summed E-state index contributed by atoms with van der Waals surface area (Å²) in [7, 11) is 0. The smallest absolute Gasteiger partial charge is 0.389 e. The number of nitrogens with one attached hydrogen (secondary N) is 3. The molecule has 2 aromatic rings. The third-order valence-corrected chi connectivity index (χ3v) is 4.27. The van der Waals surface area contributed by atoms with Gasteiger partial charge in [-0.1, -0.05) is 17.7 Å². The number of aromatic nitrogens is 2. The number of nitrogens with zero attached hydrogens (tertiary/aromatic N) is 2. The van der Waals surface area contributed by atoms with Crippen molar-refractivity contribution in [2.45, 2.75) is 18.7 Å². The maximum Gasteiger partial charge on any atom is 0.389 e. The molecule has 8 nitrogen and oxygen atoms in total. The Labute approximate surface area is 165 Å². The van der Waals surface area contributed by atoms with Crippen molar-refractivity contribution in [3.63, 3.8) is 0 Å². The van der Waals surface area contributed by atoms with E-state index in [1.807, 2.05) is 0 Å². The maximum absolute atomic E-state index is 14.6. The van der Waals surface area contributed by atoms with Crippen LogP contribution >= 0.6 is 11.6 Å². The molecule has 154 valence electrons. The molecule has 1 aliphatic rings. The first-order chi connectivity index (χ1) is 13.8. The van der Waals surface area contributed by atoms with Crippen LogP contribution in [0.5, 0.6) is 6.01 Å². The average molecular weight is 434 g/mol. The first-order valence-corrected chi connectivity index (χ1v) is 8.39. The summed E-state index contributed by atoms with van der Waals surface area (Å²) in [5.74, 6) is -2.85. The number of hydrogen-bond donors (Lipinski definition) is 3. The van der Waals surface area contributed by atoms with Crippen LogP contribution in [0.1, 0.15) is 17.2 Å². The van der Waals surface area contributed by atoms with E-state index >= 15 is 0 Å². The number of benzene rings is 1. The molecule has 2 atom stereocenters. The number of carbonyl (C=O) groups excluding carboxylic acids is 2. The van der Waals surface area contributed by atoms with Gasteiger partial charge in [-0.25, -0.2) is 23.5 Å². The predicted octanol–water partition coefficient (Wildman–Crippen LogP) is 1.90. The zero-order valence-electron chi connectivity index (χ0n) is 14.3. The molecule has 0 saturated carbocycles. The van der Waals surface area contributed by atoms with Gasteiger partial charge in [-0.3, -0.25) is 4.79 Å². The summed E-state index contributed by atoms with van der Waals surface area (Å²) in [4.78, 5) is 30.8. The van der Waals surface area contributed by atoms with Crippen molar-refractivity contribution in [2.24, 2.45) is 0 Å². The van der Waals surface area contributed by atoms with Gasteiger partial charge in [0.25, 0.3) is 0 Å². The standard InChI is InChI=1S/C16H12ClF4N5O3/c17-10-8(18)2-1-7(11(10)19)12(26-13(27)9-5-22-15(28)25-9)6-3-23-16(24-4-6)29-14(20)21/h1-4,9,12,14H,5H2,(H,26,27)(H2,22,25,28)/t9-,12+/m0/s1. The molecule has 0 spiro atoms. The minimum absolute atomic E-state index is 0.0122. The predicted molar refractivity (Wildman–Crippen MR) is 90.3 cm³/mol. The van der Waals surface area contributed by atoms with Crippen LogP contribution in [-0.4, -0.2) is 41.1 Å². The van der Waals surface area contributed by atoms with Crippen molar-refractivity contribution < 1.29 is 31.9 Å². The van der Waals surface area contributed by atoms with E-state index in [4.69, 9.17) is 11.6 Å². The second-order valence-electron chi connectivity index (χ2n) is 5.79. The molecule has 29 heavy (non-hydrogen) atoms. The highest BCUT2D eigenvalue weighted by atomic mass is 35.5. The minimum atomic E-state index is -3.15. The Morgan fingerprint density at radius 3 is 2.55 bits per heavy atom. The molecular weight excluding hydrogens is 422 g/mol. The molecule has 3 rings (SSSR count). The first-order valence-electron chi connectivity index (χ1n) is 8.01. The number of halogens is 5. The summed E-state index contributed by atoms with van der Waals surface area (Å²) in [6.07, 6.45) is 2.05. The van der Waals surface area contributed by atoms with Crippen molar-refractivity contribution in [3.8, 4) is 6.01 Å². The average Bonchev–Trinajstić information content (AvgIpc) is 3.11. The van der Waals surface area contributed by atoms with Crippen molar-refractivity contribution in [1.82, 2.24) is 25.9 Å². The fourth-order valence-corrected chi connectivity index (χ4v) is 2.75. The van der Waals surface area contributed by atoms with Crippen LogP contribution in [0.2, 0.25) is 5.02 Å². The van der Waals surface area contributed by atoms with Crippen LogP contribution in [0.3, 0.4) is 0 Å². The second kappa shape index (κ2) is 8.47. The van der Waals surface area contributed by atoms with Gasteiger partial charge in [0, 0.05) is 30.1 Å². The number of urea groups is 1. The lowest BCUT2D eigenvalue weighted by atomic mass is 10.00. The Morgan fingerprint density at radius 1 is 1.28 bits per heavy atom. The summed E-state index contributed by atoms with van der Waals surface area (Å²) in [6, 6.07) is -1.47. The molecule has 0 radical (unpaired) electrons. The van der Waals surface area contributed by atoms with Crippen molar-refractivity contribution >= 4 is 23.5 Å². The molecule has 0 bridgehead atoms. The fraction of sp³-hybridized carbons (Fsp3) is 0.250. The normalized spacial score (nSPS) is 16.9. The number of alkyl halides is 2. The number of ether oxygens (including phenoxy) is 1. The van der Waals surface area contributed by atoms with E-state index in [9.17, 15) is 27.2 Å². The van der Waals surface area contributed by atoms with E-state index in [2.05, 4.69) is 30.7 Å². The van der Waals surface area contributed by atoms with Gasteiger partial charge in [0.15, 0.2) is 0 Å². The number of rotatable bonds is 6. The van der Waals surface area contributed by atoms with Crippen LogP contribution in [0, 0.1) is 11.6 Å². The molecule has 0 unspecified atom stereocenters. The third kappa shape index (κ3) is 4.65. The van der Waals surface area contributed by atoms with Gasteiger partial charge in [-0.05, 0) is 6.07 Å². The van der Waals surface area contributed by atoms with Crippen LogP contribution in [0.15, 0.2) is 24.5 Å². The number of amides is 3. The second-order valence-corrected chi connectivity index (χ2v) is 6.17. The van der Waals surface area contributed by atoms with Crippen molar-refractivity contribution in [1.29, 1.82) is 0 Å². The summed E-state index contributed by atoms with van der Waals surface area (Å²) in [5, 5.41) is 6.42. The molecule has 0 aliphatic carbocycles. The zero-order valence-corrected chi connectivity index (χ0v) is 15.0. The molecule has 2 heterocycles. The van der Waals surface area contributed by atoms with E-state index in [1.165, 1.54) is 0 Å². The molecule has 1 aliphatic heterocycles. The molecule has 1 fully saturated rings. The highest BCUT2D eigenvalue weighted by molar-refractivity contribution is 6.31. The van der Waals surface area contributed by atoms with Gasteiger partial charge in [-0.2, -0.15) is 8.78 Å². The van der Waals surface area contributed by atoms with Crippen LogP contribution in [0.4, 0.5) is 22.4 Å². The summed E-state index contributed by atoms with van der Waals surface area (Å²) < 4.78 is 56.7. The summed E-state index contributed by atoms with van der Waals surface area (Å²) >= 11 is 5.62. The fourth-order valence-electron chi connectivity index (χ4n) is 2.58. The van der Waals surface area contributed by atoms with Gasteiger partial charge in [0.05, 0.1) is 6.04 Å². The Kier molecular flexibility index (Phi) is 6.01. The number of hydrogen-bond acceptors (Lipinski definition) is 5. The lowest BCUT2D eigenvalue weighted by Gasteiger charge is -2.22. The van der Waals surface area contributed by atoms with Crippen LogP contribution in [0.25, 0.3) is 0 Å². The topological polar surface area (TPSA) is 105 Å². The van der Waals surface area contributed by atoms with Gasteiger partial charge < -0.3 is 20.7 Å². The Hall–Kier alpha value is -3.15.